The number of benzene rings is 1. The molecule has 1 saturated carbocycles. The Morgan fingerprint density at radius 3 is 2.55 bits per heavy atom. The lowest BCUT2D eigenvalue weighted by molar-refractivity contribution is 0.0596. The van der Waals surface area contributed by atoms with E-state index in [2.05, 4.69) is 4.74 Å². The Kier molecular flexibility index (Phi) is 4.45. The number of hydrogen-bond acceptors (Lipinski definition) is 4. The number of methoxy groups -OCH3 is 1. The van der Waals surface area contributed by atoms with Gasteiger partial charge in [-0.05, 0) is 30.9 Å². The Morgan fingerprint density at radius 2 is 2.00 bits per heavy atom. The second-order valence-electron chi connectivity index (χ2n) is 4.89. The van der Waals surface area contributed by atoms with Crippen LogP contribution in [0.5, 0.6) is 0 Å². The summed E-state index contributed by atoms with van der Waals surface area (Å²) in [5.41, 5.74) is 0.0873. The first-order valence-electron chi connectivity index (χ1n) is 6.68. The zero-order valence-electron chi connectivity index (χ0n) is 11.7. The van der Waals surface area contributed by atoms with Gasteiger partial charge in [-0.1, -0.05) is 19.1 Å². The number of sulfonamides is 1. The van der Waals surface area contributed by atoms with E-state index in [1.807, 2.05) is 0 Å². The second kappa shape index (κ2) is 5.93. The third-order valence-electron chi connectivity index (χ3n) is 3.42. The lowest BCUT2D eigenvalue weighted by Crippen LogP contribution is -2.33. The molecule has 6 heteroatoms. The van der Waals surface area contributed by atoms with Crippen molar-refractivity contribution in [1.82, 2.24) is 4.31 Å². The molecule has 20 heavy (non-hydrogen) atoms. The lowest BCUT2D eigenvalue weighted by atomic mass is 10.2. The maximum atomic E-state index is 12.7. The summed E-state index contributed by atoms with van der Waals surface area (Å²) in [5.74, 6) is -0.179. The molecule has 0 amide bonds. The number of hydrogen-bond donors (Lipinski definition) is 0. The van der Waals surface area contributed by atoms with Gasteiger partial charge in [0.2, 0.25) is 10.0 Å². The van der Waals surface area contributed by atoms with Crippen molar-refractivity contribution in [3.63, 3.8) is 0 Å². The van der Waals surface area contributed by atoms with Gasteiger partial charge in [-0.3, -0.25) is 0 Å². The number of nitrogens with zero attached hydrogens (tertiary/aromatic N) is 1. The van der Waals surface area contributed by atoms with Crippen LogP contribution in [0.1, 0.15) is 30.1 Å². The van der Waals surface area contributed by atoms with Crippen LogP contribution >= 0.6 is 0 Å². The van der Waals surface area contributed by atoms with E-state index < -0.39 is 16.0 Å². The van der Waals surface area contributed by atoms with Crippen molar-refractivity contribution in [3.05, 3.63) is 29.8 Å². The molecule has 1 fully saturated rings. The molecule has 1 aliphatic rings. The van der Waals surface area contributed by atoms with Crippen molar-refractivity contribution < 1.29 is 17.9 Å². The standard InChI is InChI=1S/C14H19NO4S/c1-3-15(10-11-8-9-11)20(17,18)13-7-5-4-6-12(13)14(16)19-2/h4-7,11H,3,8-10H2,1-2H3. The van der Waals surface area contributed by atoms with Gasteiger partial charge in [-0.15, -0.1) is 0 Å². The molecular formula is C14H19NO4S. The first-order chi connectivity index (χ1) is 9.50. The minimum absolute atomic E-state index is 0.0225. The Bertz CT molecular complexity index is 593. The highest BCUT2D eigenvalue weighted by Gasteiger charge is 2.32. The van der Waals surface area contributed by atoms with E-state index in [-0.39, 0.29) is 10.5 Å². The number of rotatable bonds is 6. The van der Waals surface area contributed by atoms with Gasteiger partial charge in [-0.2, -0.15) is 4.31 Å². The Balaban J connectivity index is 2.39. The lowest BCUT2D eigenvalue weighted by Gasteiger charge is -2.21. The van der Waals surface area contributed by atoms with E-state index in [1.54, 1.807) is 19.1 Å². The molecule has 2 rings (SSSR count). The van der Waals surface area contributed by atoms with E-state index in [9.17, 15) is 13.2 Å². The predicted octanol–water partition coefficient (Wildman–Crippen LogP) is 1.89. The normalized spacial score (nSPS) is 15.3. The fourth-order valence-corrected chi connectivity index (χ4v) is 3.80. The van der Waals surface area contributed by atoms with E-state index in [1.165, 1.54) is 23.5 Å². The predicted molar refractivity (Wildman–Crippen MR) is 74.9 cm³/mol. The Labute approximate surface area is 119 Å². The molecule has 0 atom stereocenters. The highest BCUT2D eigenvalue weighted by atomic mass is 32.2. The fraction of sp³-hybridized carbons (Fsp3) is 0.500. The van der Waals surface area contributed by atoms with E-state index >= 15 is 0 Å². The molecule has 0 heterocycles. The molecule has 0 spiro atoms. The zero-order valence-corrected chi connectivity index (χ0v) is 12.5. The second-order valence-corrected chi connectivity index (χ2v) is 6.79. The van der Waals surface area contributed by atoms with Gasteiger partial charge in [0.25, 0.3) is 0 Å². The molecule has 1 aromatic rings. The third kappa shape index (κ3) is 3.02. The SMILES string of the molecule is CCN(CC1CC1)S(=O)(=O)c1ccccc1C(=O)OC. The summed E-state index contributed by atoms with van der Waals surface area (Å²) >= 11 is 0. The van der Waals surface area contributed by atoms with Crippen LogP contribution in [0.15, 0.2) is 29.2 Å². The molecule has 0 aromatic heterocycles. The first-order valence-corrected chi connectivity index (χ1v) is 8.12. The van der Waals surface area contributed by atoms with Crippen LogP contribution in [0.2, 0.25) is 0 Å². The van der Waals surface area contributed by atoms with Gasteiger partial charge < -0.3 is 4.74 Å². The van der Waals surface area contributed by atoms with Crippen molar-refractivity contribution in [3.8, 4) is 0 Å². The summed E-state index contributed by atoms with van der Waals surface area (Å²) in [7, 11) is -2.42. The summed E-state index contributed by atoms with van der Waals surface area (Å²) in [6, 6.07) is 6.17. The van der Waals surface area contributed by atoms with Crippen molar-refractivity contribution >= 4 is 16.0 Å². The zero-order chi connectivity index (χ0) is 14.8. The van der Waals surface area contributed by atoms with E-state index in [0.717, 1.165) is 12.8 Å². The summed E-state index contributed by atoms with van der Waals surface area (Å²) < 4.78 is 31.5. The van der Waals surface area contributed by atoms with Crippen LogP contribution in [0.25, 0.3) is 0 Å². The monoisotopic (exact) mass is 297 g/mol. The van der Waals surface area contributed by atoms with Crippen LogP contribution in [0.4, 0.5) is 0 Å². The molecular weight excluding hydrogens is 278 g/mol. The quantitative estimate of drug-likeness (QED) is 0.752. The summed E-state index contributed by atoms with van der Waals surface area (Å²) in [6.45, 7) is 2.73. The van der Waals surface area contributed by atoms with Gasteiger partial charge in [0.15, 0.2) is 0 Å². The average molecular weight is 297 g/mol. The van der Waals surface area contributed by atoms with Gasteiger partial charge in [0, 0.05) is 13.1 Å². The maximum absolute atomic E-state index is 12.7. The smallest absolute Gasteiger partial charge is 0.339 e. The van der Waals surface area contributed by atoms with Crippen molar-refractivity contribution in [1.29, 1.82) is 0 Å². The molecule has 0 aliphatic heterocycles. The van der Waals surface area contributed by atoms with Crippen molar-refractivity contribution in [2.75, 3.05) is 20.2 Å². The van der Waals surface area contributed by atoms with E-state index in [0.29, 0.717) is 19.0 Å². The van der Waals surface area contributed by atoms with Crippen LogP contribution in [-0.4, -0.2) is 38.9 Å². The number of carbonyl (C=O) groups excluding carboxylic acids is 1. The molecule has 5 nitrogen and oxygen atoms in total. The number of ether oxygens (including phenoxy) is 1. The molecule has 1 aliphatic carbocycles. The molecule has 110 valence electrons. The topological polar surface area (TPSA) is 63.7 Å². The van der Waals surface area contributed by atoms with Crippen LogP contribution in [-0.2, 0) is 14.8 Å². The van der Waals surface area contributed by atoms with Crippen LogP contribution in [0, 0.1) is 5.92 Å². The van der Waals surface area contributed by atoms with Crippen LogP contribution < -0.4 is 0 Å². The molecule has 0 N–H and O–H groups in total. The maximum Gasteiger partial charge on any atom is 0.339 e. The van der Waals surface area contributed by atoms with Gasteiger partial charge in [0.05, 0.1) is 17.6 Å². The van der Waals surface area contributed by atoms with Gasteiger partial charge >= 0.3 is 5.97 Å². The van der Waals surface area contributed by atoms with Gasteiger partial charge in [-0.25, -0.2) is 13.2 Å². The average Bonchev–Trinajstić information content (AvgIpc) is 3.27. The minimum Gasteiger partial charge on any atom is -0.465 e. The van der Waals surface area contributed by atoms with E-state index in [4.69, 9.17) is 0 Å². The molecule has 0 bridgehead atoms. The van der Waals surface area contributed by atoms with Crippen molar-refractivity contribution in [2.45, 2.75) is 24.7 Å². The van der Waals surface area contributed by atoms with Gasteiger partial charge in [0.1, 0.15) is 0 Å². The minimum atomic E-state index is -3.66. The molecule has 0 saturated heterocycles. The third-order valence-corrected chi connectivity index (χ3v) is 5.42. The number of esters is 1. The van der Waals surface area contributed by atoms with Crippen LogP contribution in [0.3, 0.4) is 0 Å². The Hall–Kier alpha value is -1.40. The summed E-state index contributed by atoms with van der Waals surface area (Å²) in [6.07, 6.45) is 2.15. The number of carbonyl (C=O) groups is 1. The summed E-state index contributed by atoms with van der Waals surface area (Å²) in [5, 5.41) is 0. The van der Waals surface area contributed by atoms with Crippen molar-refractivity contribution in [2.24, 2.45) is 5.92 Å². The molecule has 1 aromatic carbocycles. The Morgan fingerprint density at radius 1 is 1.35 bits per heavy atom. The first kappa shape index (κ1) is 15.0. The molecule has 0 unspecified atom stereocenters. The molecule has 0 radical (unpaired) electrons. The highest BCUT2D eigenvalue weighted by molar-refractivity contribution is 7.89. The highest BCUT2D eigenvalue weighted by Crippen LogP contribution is 2.32. The summed E-state index contributed by atoms with van der Waals surface area (Å²) in [4.78, 5) is 11.7. The fourth-order valence-electron chi connectivity index (χ4n) is 2.09. The largest absolute Gasteiger partial charge is 0.465 e.